The first kappa shape index (κ1) is 11.1. The molecule has 0 unspecified atom stereocenters. The molecule has 0 saturated carbocycles. The molecule has 0 aliphatic heterocycles. The lowest BCUT2D eigenvalue weighted by Gasteiger charge is -1.97. The smallest absolute Gasteiger partial charge is 0.354 e. The molecule has 0 aliphatic rings. The van der Waals surface area contributed by atoms with Crippen LogP contribution in [0.3, 0.4) is 0 Å². The Kier molecular flexibility index (Phi) is 2.67. The summed E-state index contributed by atoms with van der Waals surface area (Å²) in [7, 11) is 1.23. The van der Waals surface area contributed by atoms with Gasteiger partial charge >= 0.3 is 5.97 Å². The van der Waals surface area contributed by atoms with E-state index in [0.29, 0.717) is 10.9 Å². The van der Waals surface area contributed by atoms with Gasteiger partial charge in [0.05, 0.1) is 17.1 Å². The van der Waals surface area contributed by atoms with E-state index >= 15 is 0 Å². The summed E-state index contributed by atoms with van der Waals surface area (Å²) in [5, 5.41) is 0.388. The predicted octanol–water partition coefficient (Wildman–Crippen LogP) is 3.00. The van der Waals surface area contributed by atoms with Crippen molar-refractivity contribution in [2.24, 2.45) is 0 Å². The van der Waals surface area contributed by atoms with Crippen LogP contribution in [0.1, 0.15) is 10.5 Å². The Morgan fingerprint density at radius 2 is 2.12 bits per heavy atom. The molecular weight excluding hydrogens is 284 g/mol. The fraction of sp³-hybridized carbons (Fsp3) is 0.100. The molecule has 0 aliphatic carbocycles. The minimum absolute atomic E-state index is 0.0195. The zero-order chi connectivity index (χ0) is 11.9. The molecule has 2 aromatic rings. The Bertz CT molecular complexity index is 580. The highest BCUT2D eigenvalue weighted by atomic mass is 79.9. The molecule has 1 aromatic heterocycles. The maximum Gasteiger partial charge on any atom is 0.354 e. The number of carbonyl (C=O) groups is 1. The van der Waals surface area contributed by atoms with Gasteiger partial charge in [-0.25, -0.2) is 13.6 Å². The van der Waals surface area contributed by atoms with E-state index in [1.54, 1.807) is 0 Å². The van der Waals surface area contributed by atoms with E-state index in [4.69, 9.17) is 0 Å². The van der Waals surface area contributed by atoms with Gasteiger partial charge in [-0.15, -0.1) is 0 Å². The molecule has 2 rings (SSSR count). The average molecular weight is 290 g/mol. The van der Waals surface area contributed by atoms with Gasteiger partial charge in [-0.2, -0.15) is 0 Å². The second-order valence-corrected chi connectivity index (χ2v) is 3.92. The molecule has 1 heterocycles. The number of hydrogen-bond donors (Lipinski definition) is 1. The third kappa shape index (κ3) is 1.59. The van der Waals surface area contributed by atoms with E-state index < -0.39 is 17.6 Å². The van der Waals surface area contributed by atoms with Crippen LogP contribution < -0.4 is 0 Å². The van der Waals surface area contributed by atoms with Crippen molar-refractivity contribution in [3.63, 3.8) is 0 Å². The molecule has 6 heteroatoms. The van der Waals surface area contributed by atoms with Crippen molar-refractivity contribution in [2.75, 3.05) is 7.11 Å². The standard InChI is InChI=1S/C10H6BrF2NO2/c1-16-10(15)7-2-4-6(14-7)3-5(12)9(13)8(4)11/h2-3,14H,1H3. The predicted molar refractivity (Wildman–Crippen MR) is 57.3 cm³/mol. The fourth-order valence-corrected chi connectivity index (χ4v) is 1.92. The van der Waals surface area contributed by atoms with Crippen LogP contribution in [0, 0.1) is 11.6 Å². The zero-order valence-electron chi connectivity index (χ0n) is 8.11. The SMILES string of the molecule is COC(=O)c1cc2c(Br)c(F)c(F)cc2[nH]1. The van der Waals surface area contributed by atoms with Crippen LogP contribution in [0.25, 0.3) is 10.9 Å². The van der Waals surface area contributed by atoms with E-state index in [0.717, 1.165) is 6.07 Å². The van der Waals surface area contributed by atoms with Crippen LogP contribution in [0.5, 0.6) is 0 Å². The highest BCUT2D eigenvalue weighted by Gasteiger charge is 2.16. The quantitative estimate of drug-likeness (QED) is 0.648. The minimum Gasteiger partial charge on any atom is -0.464 e. The number of ether oxygens (including phenoxy) is 1. The summed E-state index contributed by atoms with van der Waals surface area (Å²) >= 11 is 2.93. The number of benzene rings is 1. The summed E-state index contributed by atoms with van der Waals surface area (Å²) in [4.78, 5) is 13.9. The van der Waals surface area contributed by atoms with Gasteiger partial charge in [-0.3, -0.25) is 0 Å². The lowest BCUT2D eigenvalue weighted by Crippen LogP contribution is -2.00. The third-order valence-corrected chi connectivity index (χ3v) is 2.94. The Morgan fingerprint density at radius 3 is 2.75 bits per heavy atom. The van der Waals surface area contributed by atoms with E-state index in [-0.39, 0.29) is 10.2 Å². The molecule has 16 heavy (non-hydrogen) atoms. The summed E-state index contributed by atoms with van der Waals surface area (Å²) in [6, 6.07) is 2.38. The number of aromatic nitrogens is 1. The Hall–Kier alpha value is -1.43. The molecule has 0 bridgehead atoms. The minimum atomic E-state index is -0.988. The molecule has 84 valence electrons. The summed E-state index contributed by atoms with van der Waals surface area (Å²) in [6.07, 6.45) is 0. The number of methoxy groups -OCH3 is 1. The van der Waals surface area contributed by atoms with Gasteiger partial charge in [-0.05, 0) is 22.0 Å². The number of halogens is 3. The van der Waals surface area contributed by atoms with Crippen molar-refractivity contribution < 1.29 is 18.3 Å². The highest BCUT2D eigenvalue weighted by Crippen LogP contribution is 2.29. The van der Waals surface area contributed by atoms with Gasteiger partial charge in [0, 0.05) is 11.5 Å². The van der Waals surface area contributed by atoms with Crippen molar-refractivity contribution in [3.8, 4) is 0 Å². The monoisotopic (exact) mass is 289 g/mol. The first-order chi connectivity index (χ1) is 7.54. The number of aromatic amines is 1. The van der Waals surface area contributed by atoms with Crippen molar-refractivity contribution in [1.29, 1.82) is 0 Å². The summed E-state index contributed by atoms with van der Waals surface area (Å²) < 4.78 is 30.7. The Labute approximate surface area is 97.5 Å². The average Bonchev–Trinajstić information content (AvgIpc) is 2.69. The topological polar surface area (TPSA) is 42.1 Å². The number of H-pyrrole nitrogens is 1. The molecule has 0 radical (unpaired) electrons. The summed E-state index contributed by atoms with van der Waals surface area (Å²) in [5.74, 6) is -2.57. The molecular formula is C10H6BrF2NO2. The van der Waals surface area contributed by atoms with Crippen LogP contribution in [0.15, 0.2) is 16.6 Å². The van der Waals surface area contributed by atoms with Crippen molar-refractivity contribution >= 4 is 32.8 Å². The number of hydrogen-bond acceptors (Lipinski definition) is 2. The lowest BCUT2D eigenvalue weighted by atomic mass is 10.2. The largest absolute Gasteiger partial charge is 0.464 e. The van der Waals surface area contributed by atoms with E-state index in [9.17, 15) is 13.6 Å². The van der Waals surface area contributed by atoms with Crippen LogP contribution >= 0.6 is 15.9 Å². The maximum absolute atomic E-state index is 13.2. The molecule has 3 nitrogen and oxygen atoms in total. The third-order valence-electron chi connectivity index (χ3n) is 2.16. The van der Waals surface area contributed by atoms with Crippen molar-refractivity contribution in [2.45, 2.75) is 0 Å². The van der Waals surface area contributed by atoms with Crippen molar-refractivity contribution in [1.82, 2.24) is 4.98 Å². The second kappa shape index (κ2) is 3.86. The first-order valence-electron chi connectivity index (χ1n) is 4.29. The van der Waals surface area contributed by atoms with Crippen molar-refractivity contribution in [3.05, 3.63) is 33.9 Å². The van der Waals surface area contributed by atoms with E-state index in [1.165, 1.54) is 13.2 Å². The first-order valence-corrected chi connectivity index (χ1v) is 5.08. The number of nitrogens with one attached hydrogen (secondary N) is 1. The number of fused-ring (bicyclic) bond motifs is 1. The highest BCUT2D eigenvalue weighted by molar-refractivity contribution is 9.10. The molecule has 1 aromatic carbocycles. The maximum atomic E-state index is 13.2. The van der Waals surface area contributed by atoms with Gasteiger partial charge < -0.3 is 9.72 Å². The fourth-order valence-electron chi connectivity index (χ4n) is 1.40. The van der Waals surface area contributed by atoms with Gasteiger partial charge in [0.15, 0.2) is 11.6 Å². The zero-order valence-corrected chi connectivity index (χ0v) is 9.69. The molecule has 0 atom stereocenters. The van der Waals surface area contributed by atoms with Gasteiger partial charge in [0.25, 0.3) is 0 Å². The Balaban J connectivity index is 2.71. The van der Waals surface area contributed by atoms with Crippen LogP contribution in [-0.4, -0.2) is 18.1 Å². The summed E-state index contributed by atoms with van der Waals surface area (Å²) in [6.45, 7) is 0. The summed E-state index contributed by atoms with van der Waals surface area (Å²) in [5.41, 5.74) is 0.467. The lowest BCUT2D eigenvalue weighted by molar-refractivity contribution is 0.0595. The van der Waals surface area contributed by atoms with E-state index in [1.807, 2.05) is 0 Å². The molecule has 1 N–H and O–H groups in total. The van der Waals surface area contributed by atoms with Crippen LogP contribution in [-0.2, 0) is 4.74 Å². The Morgan fingerprint density at radius 1 is 1.44 bits per heavy atom. The molecule has 0 amide bonds. The molecule has 0 spiro atoms. The number of carbonyl (C=O) groups excluding carboxylic acids is 1. The van der Waals surface area contributed by atoms with Crippen LogP contribution in [0.4, 0.5) is 8.78 Å². The number of esters is 1. The molecule has 0 fully saturated rings. The van der Waals surface area contributed by atoms with E-state index in [2.05, 4.69) is 25.7 Å². The number of rotatable bonds is 1. The second-order valence-electron chi connectivity index (χ2n) is 3.12. The van der Waals surface area contributed by atoms with Gasteiger partial charge in [0.2, 0.25) is 0 Å². The van der Waals surface area contributed by atoms with Gasteiger partial charge in [0.1, 0.15) is 5.69 Å². The molecule has 0 saturated heterocycles. The van der Waals surface area contributed by atoms with Gasteiger partial charge in [-0.1, -0.05) is 0 Å². The van der Waals surface area contributed by atoms with Crippen LogP contribution in [0.2, 0.25) is 0 Å². The normalized spacial score (nSPS) is 10.8.